The second-order valence-electron chi connectivity index (χ2n) is 6.46. The van der Waals surface area contributed by atoms with E-state index in [-0.39, 0.29) is 10.7 Å². The van der Waals surface area contributed by atoms with Crippen molar-refractivity contribution >= 4 is 21.7 Å². The monoisotopic (exact) mass is 382 g/mol. The molecule has 2 N–H and O–H groups in total. The van der Waals surface area contributed by atoms with E-state index in [1.54, 1.807) is 31.2 Å². The van der Waals surface area contributed by atoms with Gasteiger partial charge in [0.05, 0.1) is 4.90 Å². The molecule has 3 rings (SSSR count). The van der Waals surface area contributed by atoms with Crippen LogP contribution in [0.1, 0.15) is 22.3 Å². The van der Waals surface area contributed by atoms with Gasteiger partial charge >= 0.3 is 0 Å². The summed E-state index contributed by atoms with van der Waals surface area (Å²) in [4.78, 5) is 0.233. The normalized spacial score (nSPS) is 11.2. The van der Waals surface area contributed by atoms with Gasteiger partial charge in [-0.05, 0) is 55.7 Å². The Morgan fingerprint density at radius 2 is 1.56 bits per heavy atom. The van der Waals surface area contributed by atoms with Crippen LogP contribution in [0.5, 0.6) is 0 Å². The first-order chi connectivity index (χ1) is 12.8. The van der Waals surface area contributed by atoms with Crippen LogP contribution in [0.2, 0.25) is 0 Å². The summed E-state index contributed by atoms with van der Waals surface area (Å²) >= 11 is 0. The van der Waals surface area contributed by atoms with Gasteiger partial charge in [-0.2, -0.15) is 0 Å². The molecular weight excluding hydrogens is 360 g/mol. The van der Waals surface area contributed by atoms with Crippen molar-refractivity contribution < 1.29 is 8.42 Å². The van der Waals surface area contributed by atoms with Gasteiger partial charge in [0.15, 0.2) is 5.82 Å². The van der Waals surface area contributed by atoms with E-state index in [1.165, 1.54) is 11.1 Å². The number of benzene rings is 2. The standard InChI is InChI=1S/C20H22N4O2S/c1-14-8-9-18(16(3)12-14)27(25,26)24-20-11-10-19(22-23-20)21-13-17-7-5-4-6-15(17)2/h4-12H,13H2,1-3H3,(H,21,22)(H,23,24). The maximum atomic E-state index is 12.6. The average molecular weight is 382 g/mol. The number of nitrogens with one attached hydrogen (secondary N) is 2. The zero-order chi connectivity index (χ0) is 19.4. The van der Waals surface area contributed by atoms with Crippen molar-refractivity contribution in [1.29, 1.82) is 0 Å². The Morgan fingerprint density at radius 3 is 2.22 bits per heavy atom. The minimum absolute atomic E-state index is 0.177. The summed E-state index contributed by atoms with van der Waals surface area (Å²) in [5.41, 5.74) is 4.05. The van der Waals surface area contributed by atoms with E-state index < -0.39 is 10.0 Å². The van der Waals surface area contributed by atoms with E-state index >= 15 is 0 Å². The molecule has 6 nitrogen and oxygen atoms in total. The van der Waals surface area contributed by atoms with E-state index in [0.717, 1.165) is 5.56 Å². The maximum Gasteiger partial charge on any atom is 0.263 e. The van der Waals surface area contributed by atoms with Crippen molar-refractivity contribution in [3.63, 3.8) is 0 Å². The van der Waals surface area contributed by atoms with Crippen molar-refractivity contribution in [1.82, 2.24) is 10.2 Å². The van der Waals surface area contributed by atoms with Crippen LogP contribution in [-0.2, 0) is 16.6 Å². The summed E-state index contributed by atoms with van der Waals surface area (Å²) in [5.74, 6) is 0.754. The lowest BCUT2D eigenvalue weighted by atomic mass is 10.1. The second kappa shape index (κ2) is 7.75. The topological polar surface area (TPSA) is 84.0 Å². The van der Waals surface area contributed by atoms with Crippen LogP contribution >= 0.6 is 0 Å². The molecule has 0 amide bonds. The van der Waals surface area contributed by atoms with Gasteiger partial charge in [0.25, 0.3) is 10.0 Å². The molecule has 0 spiro atoms. The molecule has 0 aliphatic rings. The number of hydrogen-bond donors (Lipinski definition) is 2. The van der Waals surface area contributed by atoms with Gasteiger partial charge in [-0.1, -0.05) is 42.0 Å². The van der Waals surface area contributed by atoms with E-state index in [9.17, 15) is 8.42 Å². The third kappa shape index (κ3) is 4.62. The predicted octanol–water partition coefficient (Wildman–Crippen LogP) is 3.81. The van der Waals surface area contributed by atoms with E-state index in [1.807, 2.05) is 44.2 Å². The summed E-state index contributed by atoms with van der Waals surface area (Å²) in [5, 5.41) is 11.2. The van der Waals surface area contributed by atoms with Gasteiger partial charge in [-0.3, -0.25) is 4.72 Å². The lowest BCUT2D eigenvalue weighted by molar-refractivity contribution is 0.600. The highest BCUT2D eigenvalue weighted by Gasteiger charge is 2.17. The predicted molar refractivity (Wildman–Crippen MR) is 107 cm³/mol. The summed E-state index contributed by atoms with van der Waals surface area (Å²) in [6.45, 7) is 6.36. The quantitative estimate of drug-likeness (QED) is 0.677. The van der Waals surface area contributed by atoms with Gasteiger partial charge in [0, 0.05) is 6.54 Å². The number of nitrogens with zero attached hydrogens (tertiary/aromatic N) is 2. The van der Waals surface area contributed by atoms with Gasteiger partial charge in [-0.25, -0.2) is 8.42 Å². The van der Waals surface area contributed by atoms with E-state index in [4.69, 9.17) is 0 Å². The zero-order valence-electron chi connectivity index (χ0n) is 15.5. The summed E-state index contributed by atoms with van der Waals surface area (Å²) in [7, 11) is -3.71. The molecule has 140 valence electrons. The number of anilines is 2. The Hall–Kier alpha value is -2.93. The fourth-order valence-electron chi connectivity index (χ4n) is 2.77. The lowest BCUT2D eigenvalue weighted by Gasteiger charge is -2.11. The molecule has 0 fully saturated rings. The van der Waals surface area contributed by atoms with Crippen molar-refractivity contribution in [2.45, 2.75) is 32.2 Å². The second-order valence-corrected chi connectivity index (χ2v) is 8.11. The Kier molecular flexibility index (Phi) is 5.41. The fourth-order valence-corrected chi connectivity index (χ4v) is 3.99. The molecule has 0 bridgehead atoms. The van der Waals surface area contributed by atoms with Gasteiger partial charge < -0.3 is 5.32 Å². The lowest BCUT2D eigenvalue weighted by Crippen LogP contribution is -2.16. The Labute approximate surface area is 159 Å². The number of sulfonamides is 1. The average Bonchev–Trinajstić information content (AvgIpc) is 2.61. The van der Waals surface area contributed by atoms with Crippen molar-refractivity contribution in [3.05, 3.63) is 76.9 Å². The van der Waals surface area contributed by atoms with Crippen molar-refractivity contribution in [2.24, 2.45) is 0 Å². The van der Waals surface area contributed by atoms with Crippen LogP contribution in [-0.4, -0.2) is 18.6 Å². The first-order valence-corrected chi connectivity index (χ1v) is 10.1. The van der Waals surface area contributed by atoms with E-state index in [0.29, 0.717) is 17.9 Å². The molecular formula is C20H22N4O2S. The molecule has 0 radical (unpaired) electrons. The number of rotatable bonds is 6. The Balaban J connectivity index is 1.69. The van der Waals surface area contributed by atoms with Gasteiger partial charge in [0.2, 0.25) is 0 Å². The largest absolute Gasteiger partial charge is 0.364 e. The third-order valence-electron chi connectivity index (χ3n) is 4.24. The van der Waals surface area contributed by atoms with Gasteiger partial charge in [0.1, 0.15) is 5.82 Å². The minimum Gasteiger partial charge on any atom is -0.364 e. The Bertz CT molecular complexity index is 1050. The molecule has 0 unspecified atom stereocenters. The molecule has 1 heterocycles. The highest BCUT2D eigenvalue weighted by Crippen LogP contribution is 2.19. The highest BCUT2D eigenvalue weighted by molar-refractivity contribution is 7.92. The first kappa shape index (κ1) is 18.8. The molecule has 0 aliphatic carbocycles. The fraction of sp³-hybridized carbons (Fsp3) is 0.200. The Morgan fingerprint density at radius 1 is 0.852 bits per heavy atom. The molecule has 0 saturated carbocycles. The third-order valence-corrected chi connectivity index (χ3v) is 5.76. The molecule has 0 aliphatic heterocycles. The molecule has 27 heavy (non-hydrogen) atoms. The van der Waals surface area contributed by atoms with Crippen LogP contribution in [0.4, 0.5) is 11.6 Å². The minimum atomic E-state index is -3.71. The van der Waals surface area contributed by atoms with Crippen molar-refractivity contribution in [3.8, 4) is 0 Å². The highest BCUT2D eigenvalue weighted by atomic mass is 32.2. The SMILES string of the molecule is Cc1ccc(S(=O)(=O)Nc2ccc(NCc3ccccc3C)nn2)c(C)c1. The summed E-state index contributed by atoms with van der Waals surface area (Å²) < 4.78 is 27.6. The van der Waals surface area contributed by atoms with Crippen molar-refractivity contribution in [2.75, 3.05) is 10.0 Å². The first-order valence-electron chi connectivity index (χ1n) is 8.57. The molecule has 0 saturated heterocycles. The summed E-state index contributed by atoms with van der Waals surface area (Å²) in [6.07, 6.45) is 0. The maximum absolute atomic E-state index is 12.6. The number of aromatic nitrogens is 2. The van der Waals surface area contributed by atoms with Crippen LogP contribution in [0, 0.1) is 20.8 Å². The smallest absolute Gasteiger partial charge is 0.263 e. The number of hydrogen-bond acceptors (Lipinski definition) is 5. The van der Waals surface area contributed by atoms with Crippen LogP contribution in [0.15, 0.2) is 59.5 Å². The molecule has 0 atom stereocenters. The van der Waals surface area contributed by atoms with Gasteiger partial charge in [-0.15, -0.1) is 10.2 Å². The molecule has 1 aromatic heterocycles. The molecule has 3 aromatic rings. The van der Waals surface area contributed by atoms with Crippen LogP contribution in [0.25, 0.3) is 0 Å². The van der Waals surface area contributed by atoms with Crippen LogP contribution < -0.4 is 10.0 Å². The van der Waals surface area contributed by atoms with E-state index in [2.05, 4.69) is 20.2 Å². The molecule has 2 aromatic carbocycles. The summed E-state index contributed by atoms with van der Waals surface area (Å²) in [6, 6.07) is 16.6. The number of aryl methyl sites for hydroxylation is 3. The van der Waals surface area contributed by atoms with Crippen LogP contribution in [0.3, 0.4) is 0 Å². The molecule has 7 heteroatoms. The zero-order valence-corrected chi connectivity index (χ0v) is 16.3.